The third-order valence-electron chi connectivity index (χ3n) is 5.97. The number of carbonyl (C=O) groups is 2. The van der Waals surface area contributed by atoms with Gasteiger partial charge < -0.3 is 15.4 Å². The molecule has 0 unspecified atom stereocenters. The summed E-state index contributed by atoms with van der Waals surface area (Å²) in [5.74, 6) is -2.65. The highest BCUT2D eigenvalue weighted by Crippen LogP contribution is 2.67. The van der Waals surface area contributed by atoms with Gasteiger partial charge in [0.2, 0.25) is 5.91 Å². The molecule has 0 atom stereocenters. The van der Waals surface area contributed by atoms with Crippen molar-refractivity contribution in [3.05, 3.63) is 64.2 Å². The molecule has 3 aliphatic carbocycles. The SMILES string of the molecule is O=C(COc1ccc(Cl)c(F)c1)NC12CC(C(=O)NCc3ccc(F)c(C(F)(F)F)c3)(C1)C2. The molecule has 5 rings (SSSR count). The highest BCUT2D eigenvalue weighted by atomic mass is 35.5. The van der Waals surface area contributed by atoms with Gasteiger partial charge in [0.15, 0.2) is 6.61 Å². The van der Waals surface area contributed by atoms with Crippen molar-refractivity contribution in [2.24, 2.45) is 5.41 Å². The lowest BCUT2D eigenvalue weighted by Crippen LogP contribution is -2.78. The molecule has 2 aromatic carbocycles. The van der Waals surface area contributed by atoms with Crippen molar-refractivity contribution >= 4 is 23.4 Å². The molecule has 2 amide bonds. The topological polar surface area (TPSA) is 67.4 Å². The van der Waals surface area contributed by atoms with Gasteiger partial charge in [-0.3, -0.25) is 9.59 Å². The Labute approximate surface area is 190 Å². The summed E-state index contributed by atoms with van der Waals surface area (Å²) in [4.78, 5) is 24.7. The molecule has 0 aromatic heterocycles. The van der Waals surface area contributed by atoms with Crippen molar-refractivity contribution in [1.29, 1.82) is 0 Å². The minimum absolute atomic E-state index is 0.0653. The summed E-state index contributed by atoms with van der Waals surface area (Å²) in [7, 11) is 0. The van der Waals surface area contributed by atoms with Crippen LogP contribution in [0.25, 0.3) is 0 Å². The number of nitrogens with one attached hydrogen (secondary N) is 2. The molecule has 3 saturated carbocycles. The van der Waals surface area contributed by atoms with Crippen LogP contribution in [0.3, 0.4) is 0 Å². The van der Waals surface area contributed by atoms with Crippen LogP contribution >= 0.6 is 11.6 Å². The number of halogens is 6. The Morgan fingerprint density at radius 2 is 1.73 bits per heavy atom. The van der Waals surface area contributed by atoms with Crippen molar-refractivity contribution in [2.75, 3.05) is 6.61 Å². The van der Waals surface area contributed by atoms with Gasteiger partial charge in [-0.15, -0.1) is 0 Å². The number of hydrogen-bond donors (Lipinski definition) is 2. The lowest BCUT2D eigenvalue weighted by atomic mass is 9.39. The summed E-state index contributed by atoms with van der Waals surface area (Å²) in [5.41, 5.74) is -2.46. The molecule has 5 nitrogen and oxygen atoms in total. The van der Waals surface area contributed by atoms with E-state index in [0.29, 0.717) is 25.3 Å². The average molecular weight is 489 g/mol. The van der Waals surface area contributed by atoms with Gasteiger partial charge in [-0.25, -0.2) is 8.78 Å². The molecule has 2 aromatic rings. The molecule has 0 radical (unpaired) electrons. The van der Waals surface area contributed by atoms with Gasteiger partial charge in [-0.2, -0.15) is 13.2 Å². The van der Waals surface area contributed by atoms with E-state index >= 15 is 0 Å². The largest absolute Gasteiger partial charge is 0.484 e. The molecule has 3 aliphatic rings. The zero-order chi connectivity index (χ0) is 24.0. The lowest BCUT2D eigenvalue weighted by molar-refractivity contribution is -0.184. The van der Waals surface area contributed by atoms with Crippen molar-refractivity contribution in [3.63, 3.8) is 0 Å². The highest BCUT2D eigenvalue weighted by Gasteiger charge is 2.72. The summed E-state index contributed by atoms with van der Waals surface area (Å²) in [6.07, 6.45) is -3.65. The Bertz CT molecular complexity index is 1100. The number of amides is 2. The van der Waals surface area contributed by atoms with Crippen LogP contribution in [0.2, 0.25) is 5.02 Å². The van der Waals surface area contributed by atoms with E-state index in [-0.39, 0.29) is 35.4 Å². The van der Waals surface area contributed by atoms with Crippen molar-refractivity contribution in [1.82, 2.24) is 10.6 Å². The van der Waals surface area contributed by atoms with E-state index in [9.17, 15) is 31.5 Å². The first-order chi connectivity index (χ1) is 15.4. The summed E-state index contributed by atoms with van der Waals surface area (Å²) in [6.45, 7) is -0.511. The number of ether oxygens (including phenoxy) is 1. The maximum atomic E-state index is 13.4. The predicted molar refractivity (Wildman–Crippen MR) is 107 cm³/mol. The van der Waals surface area contributed by atoms with E-state index in [4.69, 9.17) is 16.3 Å². The highest BCUT2D eigenvalue weighted by molar-refractivity contribution is 6.30. The van der Waals surface area contributed by atoms with Crippen molar-refractivity contribution in [2.45, 2.75) is 37.5 Å². The van der Waals surface area contributed by atoms with Crippen LogP contribution in [0.5, 0.6) is 5.75 Å². The third kappa shape index (κ3) is 4.62. The molecule has 33 heavy (non-hydrogen) atoms. The van der Waals surface area contributed by atoms with Crippen molar-refractivity contribution < 1.29 is 36.3 Å². The van der Waals surface area contributed by atoms with Crippen LogP contribution in [-0.4, -0.2) is 24.0 Å². The van der Waals surface area contributed by atoms with E-state index in [0.717, 1.165) is 12.1 Å². The summed E-state index contributed by atoms with van der Waals surface area (Å²) < 4.78 is 70.5. The fourth-order valence-corrected chi connectivity index (χ4v) is 4.60. The first-order valence-corrected chi connectivity index (χ1v) is 10.3. The van der Waals surface area contributed by atoms with Crippen LogP contribution in [-0.2, 0) is 22.3 Å². The molecular formula is C22H18ClF5N2O3. The summed E-state index contributed by atoms with van der Waals surface area (Å²) >= 11 is 5.59. The Kier molecular flexibility index (Phi) is 5.76. The molecule has 2 N–H and O–H groups in total. The molecule has 0 spiro atoms. The third-order valence-corrected chi connectivity index (χ3v) is 6.27. The fraction of sp³-hybridized carbons (Fsp3) is 0.364. The van der Waals surface area contributed by atoms with Crippen LogP contribution in [0, 0.1) is 17.0 Å². The van der Waals surface area contributed by atoms with Gasteiger partial charge in [0.05, 0.1) is 16.0 Å². The second-order valence-electron chi connectivity index (χ2n) is 8.50. The van der Waals surface area contributed by atoms with E-state index in [1.165, 1.54) is 18.2 Å². The lowest BCUT2D eigenvalue weighted by Gasteiger charge is -2.69. The van der Waals surface area contributed by atoms with Gasteiger partial charge in [0.1, 0.15) is 17.4 Å². The first kappa shape index (κ1) is 23.3. The zero-order valence-corrected chi connectivity index (χ0v) is 17.7. The molecule has 0 heterocycles. The fourth-order valence-electron chi connectivity index (χ4n) is 4.48. The van der Waals surface area contributed by atoms with Gasteiger partial charge in [0, 0.05) is 18.2 Å². The monoisotopic (exact) mass is 488 g/mol. The number of hydrogen-bond acceptors (Lipinski definition) is 3. The maximum absolute atomic E-state index is 13.4. The van der Waals surface area contributed by atoms with Gasteiger partial charge >= 0.3 is 6.18 Å². The quantitative estimate of drug-likeness (QED) is 0.569. The number of alkyl halides is 3. The van der Waals surface area contributed by atoms with Crippen LogP contribution in [0.4, 0.5) is 22.0 Å². The average Bonchev–Trinajstić information content (AvgIpc) is 2.68. The number of carbonyl (C=O) groups excluding carboxylic acids is 2. The second kappa shape index (κ2) is 8.16. The molecule has 2 bridgehead atoms. The molecule has 11 heteroatoms. The van der Waals surface area contributed by atoms with Crippen LogP contribution < -0.4 is 15.4 Å². The standard InChI is InChI=1S/C22H18ClF5N2O3/c23-15-3-2-13(6-17(15)25)33-8-18(31)30-21-9-20(10-21,11-21)19(32)29-7-12-1-4-16(24)14(5-12)22(26,27)28/h1-6H,7-11H2,(H,29,32)(H,30,31). The predicted octanol–water partition coefficient (Wildman–Crippen LogP) is 4.37. The Balaban J connectivity index is 1.24. The van der Waals surface area contributed by atoms with E-state index in [1.54, 1.807) is 0 Å². The minimum atomic E-state index is -4.83. The smallest absolute Gasteiger partial charge is 0.419 e. The van der Waals surface area contributed by atoms with Crippen LogP contribution in [0.15, 0.2) is 36.4 Å². The van der Waals surface area contributed by atoms with E-state index < -0.39 is 40.2 Å². The van der Waals surface area contributed by atoms with Gasteiger partial charge in [0.25, 0.3) is 5.91 Å². The number of rotatable bonds is 7. The Hall–Kier alpha value is -2.88. The minimum Gasteiger partial charge on any atom is -0.484 e. The van der Waals surface area contributed by atoms with Gasteiger partial charge in [-0.1, -0.05) is 17.7 Å². The second-order valence-corrected chi connectivity index (χ2v) is 8.91. The maximum Gasteiger partial charge on any atom is 0.419 e. The molecule has 0 saturated heterocycles. The first-order valence-electron chi connectivity index (χ1n) is 9.94. The van der Waals surface area contributed by atoms with Gasteiger partial charge in [-0.05, 0) is 49.1 Å². The van der Waals surface area contributed by atoms with E-state index in [2.05, 4.69) is 10.6 Å². The normalized spacial score (nSPS) is 23.2. The molecule has 0 aliphatic heterocycles. The molecule has 3 fully saturated rings. The summed E-state index contributed by atoms with van der Waals surface area (Å²) in [5, 5.41) is 5.34. The van der Waals surface area contributed by atoms with Crippen LogP contribution in [0.1, 0.15) is 30.4 Å². The van der Waals surface area contributed by atoms with Crippen molar-refractivity contribution in [3.8, 4) is 5.75 Å². The number of benzene rings is 2. The Morgan fingerprint density at radius 1 is 1.03 bits per heavy atom. The summed E-state index contributed by atoms with van der Waals surface area (Å²) in [6, 6.07) is 6.37. The zero-order valence-electron chi connectivity index (χ0n) is 17.0. The van der Waals surface area contributed by atoms with E-state index in [1.807, 2.05) is 0 Å². The molecule has 176 valence electrons. The Morgan fingerprint density at radius 3 is 2.36 bits per heavy atom. The molecular weight excluding hydrogens is 471 g/mol.